The SMILES string of the molecule is CC1(C)CCN(c2nnccc2CN)C1. The first kappa shape index (κ1) is 10.4. The average Bonchev–Trinajstić information content (AvgIpc) is 2.59. The highest BCUT2D eigenvalue weighted by atomic mass is 15.3. The van der Waals surface area contributed by atoms with Gasteiger partial charge in [0, 0.05) is 25.2 Å². The zero-order valence-electron chi connectivity index (χ0n) is 9.40. The van der Waals surface area contributed by atoms with Gasteiger partial charge in [0.25, 0.3) is 0 Å². The summed E-state index contributed by atoms with van der Waals surface area (Å²) in [5.74, 6) is 0.963. The number of nitrogens with two attached hydrogens (primary N) is 1. The molecule has 0 aliphatic carbocycles. The minimum absolute atomic E-state index is 0.378. The van der Waals surface area contributed by atoms with E-state index in [0.717, 1.165) is 24.5 Å². The molecule has 0 bridgehead atoms. The Kier molecular flexibility index (Phi) is 2.61. The smallest absolute Gasteiger partial charge is 0.155 e. The van der Waals surface area contributed by atoms with Crippen molar-refractivity contribution in [2.75, 3.05) is 18.0 Å². The van der Waals surface area contributed by atoms with Crippen LogP contribution in [0.1, 0.15) is 25.8 Å². The lowest BCUT2D eigenvalue weighted by Crippen LogP contribution is -2.25. The van der Waals surface area contributed by atoms with Crippen LogP contribution >= 0.6 is 0 Å². The molecule has 82 valence electrons. The van der Waals surface area contributed by atoms with E-state index < -0.39 is 0 Å². The van der Waals surface area contributed by atoms with E-state index in [2.05, 4.69) is 28.9 Å². The molecule has 2 N–H and O–H groups in total. The van der Waals surface area contributed by atoms with Crippen LogP contribution in [0.25, 0.3) is 0 Å². The van der Waals surface area contributed by atoms with Crippen molar-refractivity contribution >= 4 is 5.82 Å². The number of hydrogen-bond acceptors (Lipinski definition) is 4. The van der Waals surface area contributed by atoms with E-state index in [1.165, 1.54) is 6.42 Å². The van der Waals surface area contributed by atoms with Crippen LogP contribution in [-0.4, -0.2) is 23.3 Å². The number of rotatable bonds is 2. The third-order valence-electron chi connectivity index (χ3n) is 2.98. The maximum absolute atomic E-state index is 5.69. The zero-order chi connectivity index (χ0) is 10.9. The molecule has 1 fully saturated rings. The Labute approximate surface area is 90.5 Å². The normalized spacial score (nSPS) is 19.5. The van der Waals surface area contributed by atoms with Crippen molar-refractivity contribution in [2.24, 2.45) is 11.1 Å². The molecule has 0 aromatic carbocycles. The molecule has 0 spiro atoms. The first-order chi connectivity index (χ1) is 7.12. The standard InChI is InChI=1S/C11H18N4/c1-11(2)4-6-15(8-11)10-9(7-12)3-5-13-14-10/h3,5H,4,6-8,12H2,1-2H3. The summed E-state index contributed by atoms with van der Waals surface area (Å²) in [6.07, 6.45) is 2.90. The van der Waals surface area contributed by atoms with Gasteiger partial charge in [-0.15, -0.1) is 5.10 Å². The number of anilines is 1. The highest BCUT2D eigenvalue weighted by Crippen LogP contribution is 2.32. The summed E-state index contributed by atoms with van der Waals surface area (Å²) < 4.78 is 0. The van der Waals surface area contributed by atoms with Crippen molar-refractivity contribution in [3.8, 4) is 0 Å². The Morgan fingerprint density at radius 1 is 1.53 bits per heavy atom. The molecule has 15 heavy (non-hydrogen) atoms. The van der Waals surface area contributed by atoms with Crippen molar-refractivity contribution in [1.82, 2.24) is 10.2 Å². The van der Waals surface area contributed by atoms with E-state index in [1.54, 1.807) is 6.20 Å². The Bertz CT molecular complexity index is 348. The highest BCUT2D eigenvalue weighted by molar-refractivity contribution is 5.46. The van der Waals surface area contributed by atoms with Gasteiger partial charge in [0.15, 0.2) is 5.82 Å². The predicted molar refractivity (Wildman–Crippen MR) is 60.5 cm³/mol. The lowest BCUT2D eigenvalue weighted by atomic mass is 9.93. The molecule has 1 saturated heterocycles. The molecule has 1 aromatic heterocycles. The zero-order valence-corrected chi connectivity index (χ0v) is 9.40. The summed E-state index contributed by atoms with van der Waals surface area (Å²) in [7, 11) is 0. The molecule has 1 aromatic rings. The first-order valence-corrected chi connectivity index (χ1v) is 5.38. The fourth-order valence-corrected chi connectivity index (χ4v) is 2.07. The van der Waals surface area contributed by atoms with Gasteiger partial charge in [0.2, 0.25) is 0 Å². The third-order valence-corrected chi connectivity index (χ3v) is 2.98. The number of nitrogens with zero attached hydrogens (tertiary/aromatic N) is 3. The molecule has 0 atom stereocenters. The molecule has 4 heteroatoms. The van der Waals surface area contributed by atoms with Crippen LogP contribution in [0.5, 0.6) is 0 Å². The number of aromatic nitrogens is 2. The molecular weight excluding hydrogens is 188 g/mol. The second-order valence-electron chi connectivity index (χ2n) is 4.92. The topological polar surface area (TPSA) is 55.0 Å². The second-order valence-corrected chi connectivity index (χ2v) is 4.92. The van der Waals surface area contributed by atoms with Crippen molar-refractivity contribution in [3.63, 3.8) is 0 Å². The molecule has 0 radical (unpaired) electrons. The van der Waals surface area contributed by atoms with Gasteiger partial charge < -0.3 is 10.6 Å². The van der Waals surface area contributed by atoms with E-state index in [-0.39, 0.29) is 0 Å². The maximum Gasteiger partial charge on any atom is 0.155 e. The summed E-state index contributed by atoms with van der Waals surface area (Å²) in [4.78, 5) is 2.29. The van der Waals surface area contributed by atoms with Gasteiger partial charge in [-0.3, -0.25) is 0 Å². The molecule has 2 rings (SSSR count). The maximum atomic E-state index is 5.69. The Balaban J connectivity index is 2.23. The Morgan fingerprint density at radius 2 is 2.33 bits per heavy atom. The largest absolute Gasteiger partial charge is 0.354 e. The quantitative estimate of drug-likeness (QED) is 0.789. The number of hydrogen-bond donors (Lipinski definition) is 1. The fourth-order valence-electron chi connectivity index (χ4n) is 2.07. The van der Waals surface area contributed by atoms with Crippen molar-refractivity contribution in [3.05, 3.63) is 17.8 Å². The summed E-state index contributed by atoms with van der Waals surface area (Å²) in [5, 5.41) is 8.13. The van der Waals surface area contributed by atoms with Crippen LogP contribution in [0.3, 0.4) is 0 Å². The summed E-state index contributed by atoms with van der Waals surface area (Å²) in [5.41, 5.74) is 7.16. The second kappa shape index (κ2) is 3.77. The van der Waals surface area contributed by atoms with Crippen molar-refractivity contribution in [1.29, 1.82) is 0 Å². The molecule has 0 amide bonds. The van der Waals surface area contributed by atoms with Crippen LogP contribution in [0.2, 0.25) is 0 Å². The summed E-state index contributed by atoms with van der Waals surface area (Å²) in [6.45, 7) is 7.19. The predicted octanol–water partition coefficient (Wildman–Crippen LogP) is 1.17. The van der Waals surface area contributed by atoms with Gasteiger partial charge in [-0.2, -0.15) is 5.10 Å². The average molecular weight is 206 g/mol. The minimum Gasteiger partial charge on any atom is -0.354 e. The van der Waals surface area contributed by atoms with E-state index in [4.69, 9.17) is 5.73 Å². The first-order valence-electron chi connectivity index (χ1n) is 5.38. The van der Waals surface area contributed by atoms with Crippen LogP contribution in [0.15, 0.2) is 12.3 Å². The molecule has 0 unspecified atom stereocenters. The Hall–Kier alpha value is -1.16. The van der Waals surface area contributed by atoms with Gasteiger partial charge in [-0.05, 0) is 17.9 Å². The van der Waals surface area contributed by atoms with E-state index in [0.29, 0.717) is 12.0 Å². The Morgan fingerprint density at radius 3 is 2.93 bits per heavy atom. The van der Waals surface area contributed by atoms with Crippen LogP contribution < -0.4 is 10.6 Å². The molecule has 2 heterocycles. The van der Waals surface area contributed by atoms with Crippen LogP contribution in [-0.2, 0) is 6.54 Å². The molecule has 1 aliphatic rings. The van der Waals surface area contributed by atoms with Crippen LogP contribution in [0.4, 0.5) is 5.82 Å². The molecular formula is C11H18N4. The van der Waals surface area contributed by atoms with E-state index >= 15 is 0 Å². The third kappa shape index (κ3) is 2.09. The van der Waals surface area contributed by atoms with Gasteiger partial charge >= 0.3 is 0 Å². The lowest BCUT2D eigenvalue weighted by molar-refractivity contribution is 0.418. The monoisotopic (exact) mass is 206 g/mol. The summed E-state index contributed by atoms with van der Waals surface area (Å²) >= 11 is 0. The lowest BCUT2D eigenvalue weighted by Gasteiger charge is -2.21. The minimum atomic E-state index is 0.378. The van der Waals surface area contributed by atoms with E-state index in [9.17, 15) is 0 Å². The molecule has 0 saturated carbocycles. The van der Waals surface area contributed by atoms with Gasteiger partial charge in [0.05, 0.1) is 6.20 Å². The highest BCUT2D eigenvalue weighted by Gasteiger charge is 2.30. The van der Waals surface area contributed by atoms with Gasteiger partial charge in [-0.1, -0.05) is 13.8 Å². The van der Waals surface area contributed by atoms with Crippen LogP contribution in [0, 0.1) is 5.41 Å². The van der Waals surface area contributed by atoms with Gasteiger partial charge in [0.1, 0.15) is 0 Å². The van der Waals surface area contributed by atoms with Gasteiger partial charge in [-0.25, -0.2) is 0 Å². The molecule has 4 nitrogen and oxygen atoms in total. The summed E-state index contributed by atoms with van der Waals surface area (Å²) in [6, 6.07) is 1.95. The van der Waals surface area contributed by atoms with E-state index in [1.807, 2.05) is 6.07 Å². The fraction of sp³-hybridized carbons (Fsp3) is 0.636. The van der Waals surface area contributed by atoms with Crippen molar-refractivity contribution < 1.29 is 0 Å². The molecule has 1 aliphatic heterocycles. The van der Waals surface area contributed by atoms with Crippen molar-refractivity contribution in [2.45, 2.75) is 26.8 Å².